The second-order valence-electron chi connectivity index (χ2n) is 2.89. The van der Waals surface area contributed by atoms with Crippen LogP contribution in [0.3, 0.4) is 0 Å². The fourth-order valence-corrected chi connectivity index (χ4v) is 1.72. The van der Waals surface area contributed by atoms with Gasteiger partial charge in [0.2, 0.25) is 0 Å². The van der Waals surface area contributed by atoms with Gasteiger partial charge in [-0.25, -0.2) is 0 Å². The average Bonchev–Trinajstić information content (AvgIpc) is 2.17. The largest absolute Gasteiger partial charge is 1.00 e. The second kappa shape index (κ2) is 3.94. The van der Waals surface area contributed by atoms with Crippen molar-refractivity contribution in [2.24, 2.45) is 0 Å². The van der Waals surface area contributed by atoms with Crippen LogP contribution in [0.5, 0.6) is 0 Å². The number of likely N-dealkylation sites (tertiary alicyclic amines) is 1. The highest BCUT2D eigenvalue weighted by Crippen LogP contribution is 2.16. The lowest BCUT2D eigenvalue weighted by Gasteiger charge is -2.25. The maximum absolute atomic E-state index is 3.50. The van der Waals surface area contributed by atoms with Gasteiger partial charge in [-0.05, 0) is 15.9 Å². The SMILES string of the molecule is C[N+]1(CBr)CCCC1.[Br-]. The molecule has 3 heteroatoms. The topological polar surface area (TPSA) is 0 Å². The Morgan fingerprint density at radius 1 is 1.33 bits per heavy atom. The molecule has 0 unspecified atom stereocenters. The molecule has 0 amide bonds. The van der Waals surface area contributed by atoms with Gasteiger partial charge < -0.3 is 21.5 Å². The summed E-state index contributed by atoms with van der Waals surface area (Å²) in [5, 5.41) is 0. The van der Waals surface area contributed by atoms with Crippen molar-refractivity contribution in [3.63, 3.8) is 0 Å². The minimum absolute atomic E-state index is 0. The van der Waals surface area contributed by atoms with Crippen molar-refractivity contribution in [3.8, 4) is 0 Å². The van der Waals surface area contributed by atoms with Crippen LogP contribution >= 0.6 is 15.9 Å². The molecule has 0 aliphatic carbocycles. The minimum Gasteiger partial charge on any atom is -1.00 e. The van der Waals surface area contributed by atoms with Gasteiger partial charge in [0.05, 0.1) is 20.1 Å². The predicted octanol–water partition coefficient (Wildman–Crippen LogP) is -1.42. The van der Waals surface area contributed by atoms with Crippen LogP contribution < -0.4 is 17.0 Å². The Hall–Kier alpha value is 0.920. The summed E-state index contributed by atoms with van der Waals surface area (Å²) < 4.78 is 1.24. The number of quaternary nitrogens is 1. The van der Waals surface area contributed by atoms with Crippen molar-refractivity contribution in [1.29, 1.82) is 0 Å². The summed E-state index contributed by atoms with van der Waals surface area (Å²) in [5.74, 6) is 0. The van der Waals surface area contributed by atoms with E-state index in [1.54, 1.807) is 0 Å². The van der Waals surface area contributed by atoms with Crippen molar-refractivity contribution in [2.45, 2.75) is 12.8 Å². The maximum Gasteiger partial charge on any atom is 0.134 e. The van der Waals surface area contributed by atoms with E-state index in [0.29, 0.717) is 0 Å². The van der Waals surface area contributed by atoms with Gasteiger partial charge in [0.1, 0.15) is 5.45 Å². The molecular formula is C6H13Br2N. The van der Waals surface area contributed by atoms with Crippen LogP contribution in [-0.2, 0) is 0 Å². The number of halogens is 2. The first-order valence-electron chi connectivity index (χ1n) is 3.16. The summed E-state index contributed by atoms with van der Waals surface area (Å²) in [5.41, 5.74) is 1.13. The third-order valence-corrected chi connectivity index (χ3v) is 3.15. The molecule has 56 valence electrons. The maximum atomic E-state index is 3.50. The van der Waals surface area contributed by atoms with E-state index in [1.165, 1.54) is 30.4 Å². The number of rotatable bonds is 1. The first-order chi connectivity index (χ1) is 3.77. The fraction of sp³-hybridized carbons (Fsp3) is 1.00. The summed E-state index contributed by atoms with van der Waals surface area (Å²) in [6.07, 6.45) is 2.84. The number of hydrogen-bond acceptors (Lipinski definition) is 0. The molecule has 1 saturated heterocycles. The monoisotopic (exact) mass is 257 g/mol. The summed E-state index contributed by atoms with van der Waals surface area (Å²) in [6, 6.07) is 0. The Kier molecular flexibility index (Phi) is 4.34. The van der Waals surface area contributed by atoms with E-state index in [2.05, 4.69) is 23.0 Å². The van der Waals surface area contributed by atoms with Gasteiger partial charge >= 0.3 is 0 Å². The first-order valence-corrected chi connectivity index (χ1v) is 4.28. The second-order valence-corrected chi connectivity index (χ2v) is 3.39. The molecule has 1 fully saturated rings. The van der Waals surface area contributed by atoms with Crippen LogP contribution in [-0.4, -0.2) is 30.1 Å². The highest BCUT2D eigenvalue weighted by molar-refractivity contribution is 9.09. The van der Waals surface area contributed by atoms with E-state index in [1.807, 2.05) is 0 Å². The lowest BCUT2D eigenvalue weighted by atomic mass is 10.4. The quantitative estimate of drug-likeness (QED) is 0.308. The normalized spacial score (nSPS) is 23.3. The molecule has 1 nitrogen and oxygen atoms in total. The zero-order valence-corrected chi connectivity index (χ0v) is 8.91. The van der Waals surface area contributed by atoms with Gasteiger partial charge in [-0.1, -0.05) is 0 Å². The van der Waals surface area contributed by atoms with E-state index in [0.717, 1.165) is 5.45 Å². The van der Waals surface area contributed by atoms with Crippen LogP contribution in [0.1, 0.15) is 12.8 Å². The Labute approximate surface area is 75.9 Å². The molecule has 0 saturated carbocycles. The average molecular weight is 259 g/mol. The predicted molar refractivity (Wildman–Crippen MR) is 38.9 cm³/mol. The third-order valence-electron chi connectivity index (χ3n) is 1.93. The Morgan fingerprint density at radius 2 is 1.78 bits per heavy atom. The van der Waals surface area contributed by atoms with Crippen LogP contribution in [0.15, 0.2) is 0 Å². The van der Waals surface area contributed by atoms with Crippen molar-refractivity contribution in [3.05, 3.63) is 0 Å². The van der Waals surface area contributed by atoms with Crippen molar-refractivity contribution >= 4 is 15.9 Å². The van der Waals surface area contributed by atoms with E-state index >= 15 is 0 Å². The molecule has 9 heavy (non-hydrogen) atoms. The van der Waals surface area contributed by atoms with Crippen LogP contribution in [0.2, 0.25) is 0 Å². The van der Waals surface area contributed by atoms with Gasteiger partial charge in [-0.15, -0.1) is 0 Å². The molecule has 0 aromatic carbocycles. The van der Waals surface area contributed by atoms with E-state index < -0.39 is 0 Å². The summed E-state index contributed by atoms with van der Waals surface area (Å²) in [7, 11) is 2.31. The molecule has 1 aliphatic heterocycles. The van der Waals surface area contributed by atoms with Gasteiger partial charge in [0.25, 0.3) is 0 Å². The summed E-state index contributed by atoms with van der Waals surface area (Å²) in [4.78, 5) is 0. The Bertz CT molecular complexity index is 79.1. The van der Waals surface area contributed by atoms with Crippen LogP contribution in [0.25, 0.3) is 0 Å². The lowest BCUT2D eigenvalue weighted by Crippen LogP contribution is -3.00. The van der Waals surface area contributed by atoms with Gasteiger partial charge in [-0.3, -0.25) is 0 Å². The van der Waals surface area contributed by atoms with Gasteiger partial charge in [0, 0.05) is 12.8 Å². The third kappa shape index (κ3) is 2.56. The zero-order chi connectivity index (χ0) is 6.04. The Morgan fingerprint density at radius 3 is 2.00 bits per heavy atom. The van der Waals surface area contributed by atoms with Crippen molar-refractivity contribution in [1.82, 2.24) is 0 Å². The van der Waals surface area contributed by atoms with E-state index in [4.69, 9.17) is 0 Å². The molecule has 0 spiro atoms. The van der Waals surface area contributed by atoms with Crippen molar-refractivity contribution < 1.29 is 21.5 Å². The first kappa shape index (κ1) is 9.92. The highest BCUT2D eigenvalue weighted by Gasteiger charge is 2.24. The smallest absolute Gasteiger partial charge is 0.134 e. The molecule has 0 bridgehead atoms. The summed E-state index contributed by atoms with van der Waals surface area (Å²) >= 11 is 3.50. The minimum atomic E-state index is 0. The highest BCUT2D eigenvalue weighted by atomic mass is 79.9. The summed E-state index contributed by atoms with van der Waals surface area (Å²) in [6.45, 7) is 2.73. The van der Waals surface area contributed by atoms with Crippen LogP contribution in [0, 0.1) is 0 Å². The molecule has 0 N–H and O–H groups in total. The van der Waals surface area contributed by atoms with Gasteiger partial charge in [0.15, 0.2) is 0 Å². The van der Waals surface area contributed by atoms with Crippen LogP contribution in [0.4, 0.5) is 0 Å². The number of nitrogens with zero attached hydrogens (tertiary/aromatic N) is 1. The Balaban J connectivity index is 0.000000640. The molecular weight excluding hydrogens is 246 g/mol. The molecule has 0 aromatic rings. The fourth-order valence-electron chi connectivity index (χ4n) is 1.22. The molecule has 0 radical (unpaired) electrons. The van der Waals surface area contributed by atoms with E-state index in [-0.39, 0.29) is 17.0 Å². The number of alkyl halides is 1. The van der Waals surface area contributed by atoms with E-state index in [9.17, 15) is 0 Å². The molecule has 1 aliphatic rings. The lowest BCUT2D eigenvalue weighted by molar-refractivity contribution is -0.883. The molecule has 0 aromatic heterocycles. The van der Waals surface area contributed by atoms with Crippen molar-refractivity contribution in [2.75, 3.05) is 25.6 Å². The zero-order valence-electron chi connectivity index (χ0n) is 5.74. The molecule has 1 heterocycles. The molecule has 0 atom stereocenters. The van der Waals surface area contributed by atoms with Gasteiger partial charge in [-0.2, -0.15) is 0 Å². The molecule has 1 rings (SSSR count). The standard InChI is InChI=1S/C6H13BrN.BrH/c1-8(6-7)4-2-3-5-8;/h2-6H2,1H3;1H/q+1;/p-1. The number of hydrogen-bond donors (Lipinski definition) is 0.